The summed E-state index contributed by atoms with van der Waals surface area (Å²) in [5.74, 6) is 1.80. The van der Waals surface area contributed by atoms with Crippen LogP contribution in [-0.2, 0) is 11.2 Å². The molecule has 10 heteroatoms. The highest BCUT2D eigenvalue weighted by molar-refractivity contribution is 5.93. The molecule has 1 heterocycles. The number of anilines is 2. The molecule has 0 atom stereocenters. The van der Waals surface area contributed by atoms with Crippen molar-refractivity contribution in [2.75, 3.05) is 32.6 Å². The molecule has 3 rings (SSSR count). The maximum Gasteiger partial charge on any atom is 0.404 e. The number of benzene rings is 2. The molecular weight excluding hydrogens is 450 g/mol. The summed E-state index contributed by atoms with van der Waals surface area (Å²) in [6, 6.07) is 11.3. The van der Waals surface area contributed by atoms with Crippen molar-refractivity contribution in [3.05, 3.63) is 48.3 Å². The standard InChI is InChI=1S/C25H31N5O5/c1-34-21-14-19-20(15-22(21)35-2)28-16-29-24(19)30-18-9-7-17(8-10-18)13-23(31)26-11-5-3-4-6-12-27-25(32)33/h7-10,14-16,27H,3-6,11-13H2,1-2H3,(H,26,31)(H,32,33)(H,28,29,30). The van der Waals surface area contributed by atoms with Crippen molar-refractivity contribution >= 4 is 34.4 Å². The van der Waals surface area contributed by atoms with Crippen LogP contribution in [0.25, 0.3) is 10.9 Å². The number of nitrogens with zero attached hydrogens (tertiary/aromatic N) is 2. The summed E-state index contributed by atoms with van der Waals surface area (Å²) in [6.07, 6.45) is 4.33. The Morgan fingerprint density at radius 2 is 1.54 bits per heavy atom. The molecule has 0 aliphatic rings. The van der Waals surface area contributed by atoms with Crippen molar-refractivity contribution in [3.63, 3.8) is 0 Å². The second-order valence-corrected chi connectivity index (χ2v) is 7.94. The molecule has 4 N–H and O–H groups in total. The zero-order chi connectivity index (χ0) is 25.0. The quantitative estimate of drug-likeness (QED) is 0.270. The first-order chi connectivity index (χ1) is 17.0. The van der Waals surface area contributed by atoms with Crippen molar-refractivity contribution in [1.82, 2.24) is 20.6 Å². The fraction of sp³-hybridized carbons (Fsp3) is 0.360. The van der Waals surface area contributed by atoms with E-state index in [4.69, 9.17) is 14.6 Å². The van der Waals surface area contributed by atoms with Crippen molar-refractivity contribution in [3.8, 4) is 11.5 Å². The normalized spacial score (nSPS) is 10.6. The van der Waals surface area contributed by atoms with Gasteiger partial charge in [-0.2, -0.15) is 0 Å². The van der Waals surface area contributed by atoms with E-state index >= 15 is 0 Å². The van der Waals surface area contributed by atoms with Gasteiger partial charge >= 0.3 is 6.09 Å². The molecule has 2 amide bonds. The van der Waals surface area contributed by atoms with Gasteiger partial charge in [-0.1, -0.05) is 25.0 Å². The number of carbonyl (C=O) groups excluding carboxylic acids is 1. The Kier molecular flexibility index (Phi) is 9.47. The lowest BCUT2D eigenvalue weighted by molar-refractivity contribution is -0.120. The van der Waals surface area contributed by atoms with Crippen LogP contribution in [0.15, 0.2) is 42.7 Å². The smallest absolute Gasteiger partial charge is 0.404 e. The number of fused-ring (bicyclic) bond motifs is 1. The van der Waals surface area contributed by atoms with Crippen molar-refractivity contribution in [1.29, 1.82) is 0 Å². The zero-order valence-corrected chi connectivity index (χ0v) is 20.0. The summed E-state index contributed by atoms with van der Waals surface area (Å²) >= 11 is 0. The fourth-order valence-corrected chi connectivity index (χ4v) is 3.60. The van der Waals surface area contributed by atoms with E-state index in [2.05, 4.69) is 25.9 Å². The van der Waals surface area contributed by atoms with Gasteiger partial charge < -0.3 is 30.5 Å². The molecule has 0 unspecified atom stereocenters. The molecule has 186 valence electrons. The number of hydrogen-bond donors (Lipinski definition) is 4. The second-order valence-electron chi connectivity index (χ2n) is 7.94. The predicted molar refractivity (Wildman–Crippen MR) is 134 cm³/mol. The molecule has 0 fully saturated rings. The predicted octanol–water partition coefficient (Wildman–Crippen LogP) is 3.88. The highest BCUT2D eigenvalue weighted by Gasteiger charge is 2.11. The van der Waals surface area contributed by atoms with Crippen LogP contribution in [0, 0.1) is 0 Å². The van der Waals surface area contributed by atoms with Gasteiger partial charge in [0, 0.05) is 30.2 Å². The first-order valence-electron chi connectivity index (χ1n) is 11.5. The minimum Gasteiger partial charge on any atom is -0.493 e. The van der Waals surface area contributed by atoms with Gasteiger partial charge in [-0.15, -0.1) is 0 Å². The van der Waals surface area contributed by atoms with Gasteiger partial charge in [0.2, 0.25) is 5.91 Å². The summed E-state index contributed by atoms with van der Waals surface area (Å²) in [5, 5.41) is 17.9. The minimum absolute atomic E-state index is 0.0268. The Morgan fingerprint density at radius 1 is 0.886 bits per heavy atom. The van der Waals surface area contributed by atoms with E-state index in [1.807, 2.05) is 30.3 Å². The lowest BCUT2D eigenvalue weighted by Crippen LogP contribution is -2.26. The second kappa shape index (κ2) is 13.0. The van der Waals surface area contributed by atoms with Crippen LogP contribution in [0.3, 0.4) is 0 Å². The Hall–Kier alpha value is -4.08. The molecule has 0 aliphatic carbocycles. The largest absolute Gasteiger partial charge is 0.493 e. The van der Waals surface area contributed by atoms with Gasteiger partial charge in [-0.25, -0.2) is 14.8 Å². The fourth-order valence-electron chi connectivity index (χ4n) is 3.60. The average Bonchev–Trinajstić information content (AvgIpc) is 2.86. The third-order valence-electron chi connectivity index (χ3n) is 5.42. The molecule has 0 saturated carbocycles. The van der Waals surface area contributed by atoms with Crippen molar-refractivity contribution in [2.45, 2.75) is 32.1 Å². The maximum absolute atomic E-state index is 12.2. The summed E-state index contributed by atoms with van der Waals surface area (Å²) in [5.41, 5.74) is 2.47. The summed E-state index contributed by atoms with van der Waals surface area (Å²) in [7, 11) is 3.16. The third-order valence-corrected chi connectivity index (χ3v) is 5.42. The summed E-state index contributed by atoms with van der Waals surface area (Å²) < 4.78 is 10.7. The van der Waals surface area contributed by atoms with Crippen molar-refractivity contribution in [2.24, 2.45) is 0 Å². The molecule has 1 aromatic heterocycles. The van der Waals surface area contributed by atoms with Crippen LogP contribution in [0.5, 0.6) is 11.5 Å². The number of methoxy groups -OCH3 is 2. The number of amides is 2. The zero-order valence-electron chi connectivity index (χ0n) is 20.0. The Labute approximate surface area is 204 Å². The first-order valence-corrected chi connectivity index (χ1v) is 11.5. The highest BCUT2D eigenvalue weighted by atomic mass is 16.5. The topological polar surface area (TPSA) is 135 Å². The maximum atomic E-state index is 12.2. The third kappa shape index (κ3) is 7.73. The molecule has 0 spiro atoms. The van der Waals surface area contributed by atoms with Crippen LogP contribution in [0.1, 0.15) is 31.2 Å². The van der Waals surface area contributed by atoms with Crippen LogP contribution in [-0.4, -0.2) is 54.4 Å². The van der Waals surface area contributed by atoms with E-state index in [1.54, 1.807) is 20.3 Å². The first kappa shape index (κ1) is 25.5. The van der Waals surface area contributed by atoms with Gasteiger partial charge in [0.25, 0.3) is 0 Å². The van der Waals surface area contributed by atoms with Gasteiger partial charge in [-0.3, -0.25) is 4.79 Å². The monoisotopic (exact) mass is 481 g/mol. The van der Waals surface area contributed by atoms with Gasteiger partial charge in [-0.05, 0) is 36.6 Å². The van der Waals surface area contributed by atoms with E-state index in [0.29, 0.717) is 36.8 Å². The number of nitrogens with one attached hydrogen (secondary N) is 3. The van der Waals surface area contributed by atoms with Gasteiger partial charge in [0.15, 0.2) is 11.5 Å². The average molecular weight is 482 g/mol. The SMILES string of the molecule is COc1cc2ncnc(Nc3ccc(CC(=O)NCCCCCCNC(=O)O)cc3)c2cc1OC. The molecule has 10 nitrogen and oxygen atoms in total. The van der Waals surface area contributed by atoms with Crippen LogP contribution in [0.2, 0.25) is 0 Å². The van der Waals surface area contributed by atoms with Gasteiger partial charge in [0.05, 0.1) is 26.2 Å². The molecule has 3 aromatic rings. The van der Waals surface area contributed by atoms with Crippen molar-refractivity contribution < 1.29 is 24.2 Å². The van der Waals surface area contributed by atoms with Crippen LogP contribution >= 0.6 is 0 Å². The Bertz CT molecular complexity index is 1140. The molecule has 0 saturated heterocycles. The molecule has 0 bridgehead atoms. The number of unbranched alkanes of at least 4 members (excludes halogenated alkanes) is 3. The number of hydrogen-bond acceptors (Lipinski definition) is 7. The highest BCUT2D eigenvalue weighted by Crippen LogP contribution is 2.34. The Morgan fingerprint density at radius 3 is 2.20 bits per heavy atom. The lowest BCUT2D eigenvalue weighted by Gasteiger charge is -2.12. The van der Waals surface area contributed by atoms with E-state index in [1.165, 1.54) is 6.33 Å². The summed E-state index contributed by atoms with van der Waals surface area (Å²) in [4.78, 5) is 31.3. The van der Waals surface area contributed by atoms with E-state index < -0.39 is 6.09 Å². The molecule has 2 aromatic carbocycles. The van der Waals surface area contributed by atoms with Crippen LogP contribution in [0.4, 0.5) is 16.3 Å². The number of carbonyl (C=O) groups is 2. The van der Waals surface area contributed by atoms with E-state index in [0.717, 1.165) is 47.8 Å². The number of ether oxygens (including phenoxy) is 2. The molecule has 0 aliphatic heterocycles. The van der Waals surface area contributed by atoms with E-state index in [9.17, 15) is 9.59 Å². The lowest BCUT2D eigenvalue weighted by atomic mass is 10.1. The number of rotatable bonds is 13. The minimum atomic E-state index is -0.995. The molecule has 35 heavy (non-hydrogen) atoms. The number of carboxylic acid groups (broad SMARTS) is 1. The van der Waals surface area contributed by atoms with Crippen LogP contribution < -0.4 is 25.4 Å². The Balaban J connectivity index is 1.48. The van der Waals surface area contributed by atoms with Gasteiger partial charge in [0.1, 0.15) is 12.1 Å². The molecular formula is C25H31N5O5. The van der Waals surface area contributed by atoms with E-state index in [-0.39, 0.29) is 5.91 Å². The molecule has 0 radical (unpaired) electrons. The number of aromatic nitrogens is 2. The summed E-state index contributed by atoms with van der Waals surface area (Å²) in [6.45, 7) is 1.07.